The van der Waals surface area contributed by atoms with E-state index in [1.807, 2.05) is 0 Å². The van der Waals surface area contributed by atoms with Gasteiger partial charge in [0.15, 0.2) is 0 Å². The minimum absolute atomic E-state index is 0.277. The van der Waals surface area contributed by atoms with Gasteiger partial charge in [-0.15, -0.1) is 0 Å². The number of carbonyl (C=O) groups is 3. The zero-order chi connectivity index (χ0) is 17.1. The highest BCUT2D eigenvalue weighted by atomic mass is 16.7. The molecule has 2 aromatic rings. The number of carbonyl (C=O) groups excluding carboxylic acids is 3. The first kappa shape index (κ1) is 15.5. The van der Waals surface area contributed by atoms with Crippen molar-refractivity contribution in [3.63, 3.8) is 0 Å². The van der Waals surface area contributed by atoms with E-state index in [2.05, 4.69) is 0 Å². The molecule has 3 rings (SSSR count). The van der Waals surface area contributed by atoms with Crippen LogP contribution in [-0.2, 0) is 9.53 Å². The molecule has 1 unspecified atom stereocenters. The number of imide groups is 1. The predicted octanol–water partition coefficient (Wildman–Crippen LogP) is 2.63. The Morgan fingerprint density at radius 3 is 2.17 bits per heavy atom. The summed E-state index contributed by atoms with van der Waals surface area (Å²) in [5.74, 6) is -0.368. The van der Waals surface area contributed by atoms with Crippen molar-refractivity contribution < 1.29 is 23.9 Å². The number of nitrogens with zero attached hydrogens (tertiary/aromatic N) is 2. The topological polar surface area (TPSA) is 76.2 Å². The number of benzene rings is 2. The highest BCUT2D eigenvalue weighted by Crippen LogP contribution is 2.26. The molecule has 1 atom stereocenters. The second-order valence-electron chi connectivity index (χ2n) is 5.02. The highest BCUT2D eigenvalue weighted by Gasteiger charge is 2.47. The Morgan fingerprint density at radius 1 is 0.958 bits per heavy atom. The summed E-state index contributed by atoms with van der Waals surface area (Å²) in [6, 6.07) is 16.2. The Hall–Kier alpha value is -3.35. The van der Waals surface area contributed by atoms with Crippen molar-refractivity contribution in [2.75, 3.05) is 11.9 Å². The van der Waals surface area contributed by atoms with E-state index >= 15 is 0 Å². The molecule has 1 aliphatic rings. The van der Waals surface area contributed by atoms with Gasteiger partial charge >= 0.3 is 12.2 Å². The highest BCUT2D eigenvalue weighted by molar-refractivity contribution is 6.13. The average Bonchev–Trinajstić information content (AvgIpc) is 2.80. The molecule has 0 saturated carbocycles. The first-order valence-corrected chi connectivity index (χ1v) is 7.17. The molecule has 1 saturated heterocycles. The molecule has 1 fully saturated rings. The molecule has 0 spiro atoms. The van der Waals surface area contributed by atoms with E-state index in [0.29, 0.717) is 5.69 Å². The lowest BCUT2D eigenvalue weighted by molar-refractivity contribution is -0.133. The van der Waals surface area contributed by atoms with Crippen LogP contribution in [-0.4, -0.2) is 36.3 Å². The van der Waals surface area contributed by atoms with E-state index in [-0.39, 0.29) is 5.75 Å². The van der Waals surface area contributed by atoms with Crippen LogP contribution in [0.1, 0.15) is 0 Å². The van der Waals surface area contributed by atoms with Crippen LogP contribution in [0.15, 0.2) is 60.7 Å². The van der Waals surface area contributed by atoms with Crippen LogP contribution in [0.4, 0.5) is 15.3 Å². The predicted molar refractivity (Wildman–Crippen MR) is 84.4 cm³/mol. The number of amides is 3. The Balaban J connectivity index is 1.80. The molecular weight excluding hydrogens is 312 g/mol. The lowest BCUT2D eigenvalue weighted by atomic mass is 10.3. The lowest BCUT2D eigenvalue weighted by Gasteiger charge is -2.21. The van der Waals surface area contributed by atoms with Gasteiger partial charge in [-0.05, 0) is 24.3 Å². The van der Waals surface area contributed by atoms with Crippen LogP contribution in [0.2, 0.25) is 0 Å². The monoisotopic (exact) mass is 326 g/mol. The molecule has 122 valence electrons. The second-order valence-corrected chi connectivity index (χ2v) is 5.02. The van der Waals surface area contributed by atoms with Gasteiger partial charge in [0.25, 0.3) is 12.1 Å². The van der Waals surface area contributed by atoms with Crippen molar-refractivity contribution in [3.05, 3.63) is 60.7 Å². The Bertz CT molecular complexity index is 763. The van der Waals surface area contributed by atoms with Crippen LogP contribution >= 0.6 is 0 Å². The maximum absolute atomic E-state index is 12.3. The summed E-state index contributed by atoms with van der Waals surface area (Å²) in [4.78, 5) is 38.4. The number of ether oxygens (including phenoxy) is 2. The molecule has 7 nitrogen and oxygen atoms in total. The number of anilines is 1. The average molecular weight is 326 g/mol. The number of hydrogen-bond acceptors (Lipinski definition) is 5. The minimum atomic E-state index is -1.40. The summed E-state index contributed by atoms with van der Waals surface area (Å²) in [5, 5.41) is 0. The van der Waals surface area contributed by atoms with Crippen LogP contribution in [0.3, 0.4) is 0 Å². The van der Waals surface area contributed by atoms with E-state index in [1.165, 1.54) is 7.05 Å². The van der Waals surface area contributed by atoms with Gasteiger partial charge in [-0.3, -0.25) is 9.69 Å². The fourth-order valence-corrected chi connectivity index (χ4v) is 2.27. The normalized spacial score (nSPS) is 17.1. The smallest absolute Gasteiger partial charge is 0.400 e. The Morgan fingerprint density at radius 2 is 1.54 bits per heavy atom. The Labute approximate surface area is 138 Å². The third-order valence-electron chi connectivity index (χ3n) is 3.46. The number of likely N-dealkylation sites (N-methyl/N-ethyl adjacent to an activating group) is 1. The number of rotatable bonds is 3. The maximum atomic E-state index is 12.3. The molecule has 0 bridgehead atoms. The summed E-state index contributed by atoms with van der Waals surface area (Å²) in [5.41, 5.74) is 0.442. The third-order valence-corrected chi connectivity index (χ3v) is 3.46. The first-order valence-electron chi connectivity index (χ1n) is 7.17. The summed E-state index contributed by atoms with van der Waals surface area (Å²) in [6.45, 7) is 0. The van der Waals surface area contributed by atoms with Gasteiger partial charge < -0.3 is 9.47 Å². The summed E-state index contributed by atoms with van der Waals surface area (Å²) in [6.07, 6.45) is -2.47. The van der Waals surface area contributed by atoms with Gasteiger partial charge in [-0.2, -0.15) is 0 Å². The number of urea groups is 1. The molecule has 0 aromatic heterocycles. The van der Waals surface area contributed by atoms with Crippen LogP contribution in [0.25, 0.3) is 0 Å². The van der Waals surface area contributed by atoms with Gasteiger partial charge in [0, 0.05) is 12.7 Å². The van der Waals surface area contributed by atoms with Gasteiger partial charge in [0.2, 0.25) is 0 Å². The molecule has 24 heavy (non-hydrogen) atoms. The zero-order valence-corrected chi connectivity index (χ0v) is 12.8. The molecule has 3 amide bonds. The molecule has 0 N–H and O–H groups in total. The molecule has 0 radical (unpaired) electrons. The van der Waals surface area contributed by atoms with Crippen molar-refractivity contribution in [2.45, 2.75) is 6.23 Å². The standard InChI is InChI=1S/C17H14N2O5/c1-18-14(20)15(19(16(18)21)12-8-4-2-5-9-12)24-17(22)23-13-10-6-3-7-11-13/h2-11,15H,1H3. The quantitative estimate of drug-likeness (QED) is 0.492. The SMILES string of the molecule is CN1C(=O)C(OC(=O)Oc2ccccc2)N(c2ccccc2)C1=O. The third kappa shape index (κ3) is 2.91. The summed E-state index contributed by atoms with van der Waals surface area (Å²) in [7, 11) is 1.33. The molecule has 1 aliphatic heterocycles. The summed E-state index contributed by atoms with van der Waals surface area (Å²) < 4.78 is 10.1. The second kappa shape index (κ2) is 6.41. The molecule has 2 aromatic carbocycles. The van der Waals surface area contributed by atoms with Gasteiger partial charge in [0.05, 0.1) is 0 Å². The largest absolute Gasteiger partial charge is 0.516 e. The Kier molecular flexibility index (Phi) is 4.15. The maximum Gasteiger partial charge on any atom is 0.516 e. The number of hydrogen-bond donors (Lipinski definition) is 0. The van der Waals surface area contributed by atoms with Crippen molar-refractivity contribution in [1.29, 1.82) is 0 Å². The molecular formula is C17H14N2O5. The van der Waals surface area contributed by atoms with Gasteiger partial charge in [-0.1, -0.05) is 36.4 Å². The van der Waals surface area contributed by atoms with Crippen LogP contribution in [0.5, 0.6) is 5.75 Å². The lowest BCUT2D eigenvalue weighted by Crippen LogP contribution is -2.39. The van der Waals surface area contributed by atoms with E-state index in [0.717, 1.165) is 9.80 Å². The van der Waals surface area contributed by atoms with Gasteiger partial charge in [-0.25, -0.2) is 14.5 Å². The minimum Gasteiger partial charge on any atom is -0.400 e. The number of para-hydroxylation sites is 2. The molecule has 0 aliphatic carbocycles. The van der Waals surface area contributed by atoms with Crippen LogP contribution in [0, 0.1) is 0 Å². The van der Waals surface area contributed by atoms with E-state index in [1.54, 1.807) is 60.7 Å². The zero-order valence-electron chi connectivity index (χ0n) is 12.8. The van der Waals surface area contributed by atoms with Gasteiger partial charge in [0.1, 0.15) is 5.75 Å². The van der Waals surface area contributed by atoms with E-state index in [4.69, 9.17) is 9.47 Å². The summed E-state index contributed by atoms with van der Waals surface area (Å²) >= 11 is 0. The molecule has 1 heterocycles. The van der Waals surface area contributed by atoms with E-state index < -0.39 is 24.3 Å². The van der Waals surface area contributed by atoms with Crippen LogP contribution < -0.4 is 9.64 Å². The fraction of sp³-hybridized carbons (Fsp3) is 0.118. The van der Waals surface area contributed by atoms with Crippen molar-refractivity contribution in [3.8, 4) is 5.75 Å². The van der Waals surface area contributed by atoms with Crippen molar-refractivity contribution >= 4 is 23.8 Å². The van der Waals surface area contributed by atoms with Crippen molar-refractivity contribution in [1.82, 2.24) is 4.90 Å². The molecule has 7 heteroatoms. The van der Waals surface area contributed by atoms with Crippen molar-refractivity contribution in [2.24, 2.45) is 0 Å². The van der Waals surface area contributed by atoms with E-state index in [9.17, 15) is 14.4 Å². The fourth-order valence-electron chi connectivity index (χ4n) is 2.27. The first-order chi connectivity index (χ1) is 11.6.